The van der Waals surface area contributed by atoms with Crippen LogP contribution in [0.1, 0.15) is 413 Å². The summed E-state index contributed by atoms with van der Waals surface area (Å²) in [5, 5.41) is 10.6. The van der Waals surface area contributed by atoms with Crippen molar-refractivity contribution in [1.29, 1.82) is 0 Å². The Bertz CT molecular complexity index is 1830. The lowest BCUT2D eigenvalue weighted by Crippen LogP contribution is -2.30. The fourth-order valence-corrected chi connectivity index (χ4v) is 13.5. The molecule has 0 aromatic rings. The van der Waals surface area contributed by atoms with E-state index in [0.717, 1.165) is 89.9 Å². The van der Waals surface area contributed by atoms with Crippen LogP contribution in [-0.2, 0) is 65.4 Å². The molecule has 0 aromatic carbocycles. The first-order chi connectivity index (χ1) is 46.7. The molecule has 0 radical (unpaired) electrons. The van der Waals surface area contributed by atoms with Gasteiger partial charge in [0.1, 0.15) is 19.3 Å². The second-order valence-electron chi connectivity index (χ2n) is 27.7. The number of hydrogen-bond acceptors (Lipinski definition) is 15. The number of hydrogen-bond donors (Lipinski definition) is 3. The number of rotatable bonds is 78. The molecule has 570 valence electrons. The van der Waals surface area contributed by atoms with Gasteiger partial charge in [0.25, 0.3) is 0 Å². The minimum Gasteiger partial charge on any atom is -0.462 e. The van der Waals surface area contributed by atoms with E-state index in [9.17, 15) is 43.2 Å². The maximum Gasteiger partial charge on any atom is 0.472 e. The SMILES string of the molecule is CCCCCCCCCCCCCCCCCCCCCCCC(=O)O[C@H](COC(=O)CCCCCCCCCCCCCC)COP(=O)(O)OC[C@@H](O)COP(=O)(O)OC[C@@H](COC(=O)CCCCCCCCCCCCC)OC(=O)CCCCCCCCCCCCCC. The summed E-state index contributed by atoms with van der Waals surface area (Å²) in [6.07, 6.45) is 62.4. The number of ether oxygens (including phenoxy) is 4. The number of aliphatic hydroxyl groups excluding tert-OH is 1. The van der Waals surface area contributed by atoms with E-state index in [2.05, 4.69) is 27.7 Å². The van der Waals surface area contributed by atoms with Crippen LogP contribution in [0, 0.1) is 0 Å². The Hall–Kier alpha value is -1.94. The molecule has 0 heterocycles. The first-order valence-corrected chi connectivity index (χ1v) is 43.3. The summed E-state index contributed by atoms with van der Waals surface area (Å²) in [6, 6.07) is 0. The Kier molecular flexibility index (Phi) is 70.0. The van der Waals surface area contributed by atoms with Crippen LogP contribution in [0.3, 0.4) is 0 Å². The van der Waals surface area contributed by atoms with Gasteiger partial charge in [-0.05, 0) is 25.7 Å². The number of carbonyl (C=O) groups is 4. The molecule has 0 aliphatic carbocycles. The summed E-state index contributed by atoms with van der Waals surface area (Å²) in [7, 11) is -9.91. The van der Waals surface area contributed by atoms with Crippen molar-refractivity contribution in [2.45, 2.75) is 431 Å². The van der Waals surface area contributed by atoms with Gasteiger partial charge in [0.05, 0.1) is 26.4 Å². The molecule has 3 N–H and O–H groups in total. The highest BCUT2D eigenvalue weighted by molar-refractivity contribution is 7.47. The fraction of sp³-hybridized carbons (Fsp3) is 0.948. The van der Waals surface area contributed by atoms with E-state index in [1.807, 2.05) is 0 Å². The normalized spacial score (nSPS) is 13.9. The number of esters is 4. The second-order valence-corrected chi connectivity index (χ2v) is 30.7. The van der Waals surface area contributed by atoms with Crippen LogP contribution >= 0.6 is 15.6 Å². The highest BCUT2D eigenvalue weighted by atomic mass is 31.2. The molecule has 96 heavy (non-hydrogen) atoms. The van der Waals surface area contributed by atoms with Gasteiger partial charge in [0.15, 0.2) is 12.2 Å². The molecule has 5 atom stereocenters. The zero-order valence-electron chi connectivity index (χ0n) is 62.4. The van der Waals surface area contributed by atoms with Crippen LogP contribution in [0.4, 0.5) is 0 Å². The minimum atomic E-state index is -4.96. The summed E-state index contributed by atoms with van der Waals surface area (Å²) in [4.78, 5) is 72.8. The highest BCUT2D eigenvalue weighted by Gasteiger charge is 2.30. The van der Waals surface area contributed by atoms with Crippen molar-refractivity contribution in [3.8, 4) is 0 Å². The average molecular weight is 1410 g/mol. The third-order valence-electron chi connectivity index (χ3n) is 18.1. The molecular weight excluding hydrogens is 1260 g/mol. The molecule has 0 saturated heterocycles. The van der Waals surface area contributed by atoms with Gasteiger partial charge in [-0.2, -0.15) is 0 Å². The van der Waals surface area contributed by atoms with Gasteiger partial charge in [-0.25, -0.2) is 9.13 Å². The molecular formula is C77H150O17P2. The molecule has 0 spiro atoms. The predicted molar refractivity (Wildman–Crippen MR) is 391 cm³/mol. The summed E-state index contributed by atoms with van der Waals surface area (Å²) >= 11 is 0. The zero-order chi connectivity index (χ0) is 70.4. The zero-order valence-corrected chi connectivity index (χ0v) is 64.1. The first kappa shape index (κ1) is 94.1. The van der Waals surface area contributed by atoms with E-state index in [1.165, 1.54) is 244 Å². The van der Waals surface area contributed by atoms with E-state index in [1.54, 1.807) is 0 Å². The molecule has 0 aromatic heterocycles. The molecule has 0 aliphatic heterocycles. The van der Waals surface area contributed by atoms with E-state index >= 15 is 0 Å². The van der Waals surface area contributed by atoms with Crippen LogP contribution in [0.5, 0.6) is 0 Å². The monoisotopic (exact) mass is 1410 g/mol. The van der Waals surface area contributed by atoms with Gasteiger partial charge in [-0.15, -0.1) is 0 Å². The molecule has 0 amide bonds. The standard InChI is InChI=1S/C77H150O17P2/c1-5-9-13-17-21-25-29-32-33-34-35-36-37-38-39-40-44-48-52-56-60-64-77(82)94-73(68-88-75(80)62-58-54-50-46-42-30-26-22-18-14-10-6-2)70-92-96(85,86)90-66-71(78)65-89-95(83,84)91-69-72(67-87-74(79)61-57-53-49-45-41-28-24-20-16-12-8-4)93-76(81)63-59-55-51-47-43-31-27-23-19-15-11-7-3/h71-73,78H,5-70H2,1-4H3,(H,83,84)(H,85,86)/t71-,72+,73+/m0/s1. The maximum absolute atomic E-state index is 13.1. The third kappa shape index (κ3) is 70.5. The van der Waals surface area contributed by atoms with E-state index in [4.69, 9.17) is 37.0 Å². The second kappa shape index (κ2) is 71.5. The van der Waals surface area contributed by atoms with E-state index < -0.39 is 97.5 Å². The number of aliphatic hydroxyl groups is 1. The Labute approximate surface area is 588 Å². The average Bonchev–Trinajstić information content (AvgIpc) is 1.45. The summed E-state index contributed by atoms with van der Waals surface area (Å²) in [5.74, 6) is -2.11. The lowest BCUT2D eigenvalue weighted by Gasteiger charge is -2.21. The summed E-state index contributed by atoms with van der Waals surface area (Å²) < 4.78 is 68.5. The largest absolute Gasteiger partial charge is 0.472 e. The number of carbonyl (C=O) groups excluding carboxylic acids is 4. The van der Waals surface area contributed by atoms with Crippen LogP contribution in [0.2, 0.25) is 0 Å². The van der Waals surface area contributed by atoms with Crippen molar-refractivity contribution in [2.24, 2.45) is 0 Å². The molecule has 0 fully saturated rings. The summed E-state index contributed by atoms with van der Waals surface area (Å²) in [5.41, 5.74) is 0. The van der Waals surface area contributed by atoms with Crippen molar-refractivity contribution < 1.29 is 80.2 Å². The smallest absolute Gasteiger partial charge is 0.462 e. The number of phosphoric acid groups is 2. The number of unbranched alkanes of at least 4 members (excludes halogenated alkanes) is 52. The molecule has 0 rings (SSSR count). The quantitative estimate of drug-likeness (QED) is 0.0222. The van der Waals surface area contributed by atoms with Crippen LogP contribution in [0.25, 0.3) is 0 Å². The van der Waals surface area contributed by atoms with Gasteiger partial charge >= 0.3 is 39.5 Å². The molecule has 19 heteroatoms. The van der Waals surface area contributed by atoms with Crippen molar-refractivity contribution in [3.63, 3.8) is 0 Å². The molecule has 0 aliphatic rings. The van der Waals surface area contributed by atoms with E-state index in [0.29, 0.717) is 25.7 Å². The van der Waals surface area contributed by atoms with Crippen molar-refractivity contribution in [1.82, 2.24) is 0 Å². The lowest BCUT2D eigenvalue weighted by atomic mass is 10.0. The van der Waals surface area contributed by atoms with Crippen LogP contribution in [-0.4, -0.2) is 96.7 Å². The molecule has 17 nitrogen and oxygen atoms in total. The lowest BCUT2D eigenvalue weighted by molar-refractivity contribution is -0.161. The fourth-order valence-electron chi connectivity index (χ4n) is 11.9. The maximum atomic E-state index is 13.1. The van der Waals surface area contributed by atoms with Crippen LogP contribution in [0.15, 0.2) is 0 Å². The highest BCUT2D eigenvalue weighted by Crippen LogP contribution is 2.45. The summed E-state index contributed by atoms with van der Waals surface area (Å²) in [6.45, 7) is 4.99. The third-order valence-corrected chi connectivity index (χ3v) is 20.0. The Morgan fingerprint density at radius 2 is 0.417 bits per heavy atom. The van der Waals surface area contributed by atoms with Crippen molar-refractivity contribution in [3.05, 3.63) is 0 Å². The Balaban J connectivity index is 5.19. The van der Waals surface area contributed by atoms with Crippen molar-refractivity contribution in [2.75, 3.05) is 39.6 Å². The van der Waals surface area contributed by atoms with Gasteiger partial charge < -0.3 is 33.8 Å². The Morgan fingerprint density at radius 1 is 0.250 bits per heavy atom. The van der Waals surface area contributed by atoms with Gasteiger partial charge in [0.2, 0.25) is 0 Å². The topological polar surface area (TPSA) is 237 Å². The minimum absolute atomic E-state index is 0.108. The number of phosphoric ester groups is 2. The molecule has 2 unspecified atom stereocenters. The van der Waals surface area contributed by atoms with Gasteiger partial charge in [-0.3, -0.25) is 37.3 Å². The predicted octanol–water partition coefficient (Wildman–Crippen LogP) is 23.0. The first-order valence-electron chi connectivity index (χ1n) is 40.3. The van der Waals surface area contributed by atoms with E-state index in [-0.39, 0.29) is 25.7 Å². The molecule has 0 saturated carbocycles. The van der Waals surface area contributed by atoms with Crippen LogP contribution < -0.4 is 0 Å². The van der Waals surface area contributed by atoms with Gasteiger partial charge in [-0.1, -0.05) is 362 Å². The van der Waals surface area contributed by atoms with Crippen molar-refractivity contribution >= 4 is 39.5 Å². The Morgan fingerprint density at radius 3 is 0.615 bits per heavy atom. The molecule has 0 bridgehead atoms. The van der Waals surface area contributed by atoms with Gasteiger partial charge in [0, 0.05) is 25.7 Å².